The molecule has 17 heavy (non-hydrogen) atoms. The number of thiazole rings is 1. The molecule has 5 nitrogen and oxygen atoms in total. The van der Waals surface area contributed by atoms with E-state index in [1.807, 2.05) is 0 Å². The average molecular weight is 321 g/mol. The van der Waals surface area contributed by atoms with Gasteiger partial charge in [0.1, 0.15) is 5.69 Å². The highest BCUT2D eigenvalue weighted by atomic mass is 79.9. The molecule has 0 aromatic carbocycles. The monoisotopic (exact) mass is 320 g/mol. The number of nitrogens with one attached hydrogen (secondary N) is 1. The van der Waals surface area contributed by atoms with Crippen LogP contribution >= 0.6 is 27.3 Å². The fourth-order valence-corrected chi connectivity index (χ4v) is 2.14. The normalized spacial score (nSPS) is 10.0. The van der Waals surface area contributed by atoms with E-state index in [2.05, 4.69) is 31.0 Å². The van der Waals surface area contributed by atoms with Gasteiger partial charge in [0.25, 0.3) is 5.91 Å². The van der Waals surface area contributed by atoms with Crippen molar-refractivity contribution in [1.82, 2.24) is 10.3 Å². The number of ether oxygens (including phenoxy) is 1. The Bertz CT molecular complexity index is 395. The van der Waals surface area contributed by atoms with Crippen LogP contribution in [0.5, 0.6) is 0 Å². The van der Waals surface area contributed by atoms with Gasteiger partial charge >= 0.3 is 5.97 Å². The van der Waals surface area contributed by atoms with Gasteiger partial charge in [-0.2, -0.15) is 0 Å². The van der Waals surface area contributed by atoms with Crippen molar-refractivity contribution >= 4 is 39.1 Å². The van der Waals surface area contributed by atoms with Crippen LogP contribution in [-0.4, -0.2) is 30.5 Å². The zero-order valence-corrected chi connectivity index (χ0v) is 11.8. The highest BCUT2D eigenvalue weighted by Crippen LogP contribution is 2.15. The molecule has 0 bridgehead atoms. The number of carbonyl (C=O) groups excluding carboxylic acids is 2. The number of halogens is 1. The standard InChI is InChI=1S/C10H13BrN2O3S/c1-16-8(14)4-2-3-5-12-9(15)7-6-17-10(11)13-7/h6H,2-5H2,1H3,(H,12,15). The molecular weight excluding hydrogens is 308 g/mol. The van der Waals surface area contributed by atoms with E-state index in [0.717, 1.165) is 6.42 Å². The third-order valence-electron chi connectivity index (χ3n) is 2.03. The molecule has 1 aromatic rings. The first-order valence-corrected chi connectivity index (χ1v) is 6.77. The first kappa shape index (κ1) is 14.1. The molecule has 0 aliphatic heterocycles. The lowest BCUT2D eigenvalue weighted by atomic mass is 10.2. The molecule has 0 spiro atoms. The second kappa shape index (κ2) is 7.39. The molecule has 0 unspecified atom stereocenters. The lowest BCUT2D eigenvalue weighted by Crippen LogP contribution is -2.24. The maximum Gasteiger partial charge on any atom is 0.305 e. The summed E-state index contributed by atoms with van der Waals surface area (Å²) >= 11 is 4.56. The summed E-state index contributed by atoms with van der Waals surface area (Å²) in [6.45, 7) is 0.533. The van der Waals surface area contributed by atoms with Crippen LogP contribution < -0.4 is 5.32 Å². The van der Waals surface area contributed by atoms with Crippen molar-refractivity contribution in [3.8, 4) is 0 Å². The molecule has 0 saturated heterocycles. The van der Waals surface area contributed by atoms with Crippen LogP contribution in [0.25, 0.3) is 0 Å². The summed E-state index contributed by atoms with van der Waals surface area (Å²) in [6.07, 6.45) is 1.83. The molecule has 0 aliphatic rings. The molecule has 1 aromatic heterocycles. The van der Waals surface area contributed by atoms with Gasteiger partial charge in [-0.1, -0.05) is 0 Å². The Kier molecular flexibility index (Phi) is 6.13. The number of hydrogen-bond acceptors (Lipinski definition) is 5. The Balaban J connectivity index is 2.15. The van der Waals surface area contributed by atoms with Gasteiger partial charge in [0.05, 0.1) is 7.11 Å². The van der Waals surface area contributed by atoms with Crippen molar-refractivity contribution in [3.63, 3.8) is 0 Å². The van der Waals surface area contributed by atoms with Crippen LogP contribution in [0.2, 0.25) is 0 Å². The molecule has 0 saturated carbocycles. The Morgan fingerprint density at radius 2 is 2.29 bits per heavy atom. The molecule has 0 radical (unpaired) electrons. The number of hydrogen-bond donors (Lipinski definition) is 1. The SMILES string of the molecule is COC(=O)CCCCNC(=O)c1csc(Br)n1. The van der Waals surface area contributed by atoms with Gasteiger partial charge < -0.3 is 10.1 Å². The lowest BCUT2D eigenvalue weighted by molar-refractivity contribution is -0.140. The molecule has 0 atom stereocenters. The average Bonchev–Trinajstić information content (AvgIpc) is 2.75. The van der Waals surface area contributed by atoms with E-state index in [9.17, 15) is 9.59 Å². The van der Waals surface area contributed by atoms with Crippen molar-refractivity contribution < 1.29 is 14.3 Å². The van der Waals surface area contributed by atoms with Gasteiger partial charge in [-0.25, -0.2) is 4.98 Å². The number of aromatic nitrogens is 1. The Labute approximate surface area is 112 Å². The molecule has 1 heterocycles. The van der Waals surface area contributed by atoms with Crippen molar-refractivity contribution in [3.05, 3.63) is 15.0 Å². The summed E-state index contributed by atoms with van der Waals surface area (Å²) in [5.41, 5.74) is 0.412. The number of carbonyl (C=O) groups is 2. The van der Waals surface area contributed by atoms with Crippen molar-refractivity contribution in [2.24, 2.45) is 0 Å². The fourth-order valence-electron chi connectivity index (χ4n) is 1.15. The van der Waals surface area contributed by atoms with E-state index in [0.29, 0.717) is 29.0 Å². The predicted molar refractivity (Wildman–Crippen MR) is 68.0 cm³/mol. The van der Waals surface area contributed by atoms with Gasteiger partial charge in [0.15, 0.2) is 3.92 Å². The zero-order chi connectivity index (χ0) is 12.7. The number of amides is 1. The van der Waals surface area contributed by atoms with E-state index in [-0.39, 0.29) is 11.9 Å². The Morgan fingerprint density at radius 1 is 1.53 bits per heavy atom. The van der Waals surface area contributed by atoms with Crippen LogP contribution in [-0.2, 0) is 9.53 Å². The molecule has 1 amide bonds. The van der Waals surface area contributed by atoms with Gasteiger partial charge in [-0.3, -0.25) is 9.59 Å². The van der Waals surface area contributed by atoms with E-state index in [1.165, 1.54) is 18.4 Å². The van der Waals surface area contributed by atoms with Crippen molar-refractivity contribution in [2.45, 2.75) is 19.3 Å². The van der Waals surface area contributed by atoms with Crippen LogP contribution in [0.15, 0.2) is 9.30 Å². The smallest absolute Gasteiger partial charge is 0.305 e. The number of nitrogens with zero attached hydrogens (tertiary/aromatic N) is 1. The van der Waals surface area contributed by atoms with Gasteiger partial charge in [0, 0.05) is 18.3 Å². The quantitative estimate of drug-likeness (QED) is 0.642. The third kappa shape index (κ3) is 5.27. The Morgan fingerprint density at radius 3 is 2.88 bits per heavy atom. The summed E-state index contributed by atoms with van der Waals surface area (Å²) in [7, 11) is 1.37. The Hall–Kier alpha value is -0.950. The maximum atomic E-state index is 11.5. The molecule has 1 N–H and O–H groups in total. The molecule has 7 heteroatoms. The zero-order valence-electron chi connectivity index (χ0n) is 9.36. The van der Waals surface area contributed by atoms with Crippen molar-refractivity contribution in [1.29, 1.82) is 0 Å². The fraction of sp³-hybridized carbons (Fsp3) is 0.500. The van der Waals surface area contributed by atoms with Crippen LogP contribution in [0.3, 0.4) is 0 Å². The third-order valence-corrected chi connectivity index (χ3v) is 3.39. The van der Waals surface area contributed by atoms with Crippen LogP contribution in [0.4, 0.5) is 0 Å². The molecule has 0 aliphatic carbocycles. The molecule has 94 valence electrons. The number of esters is 1. The van der Waals surface area contributed by atoms with Crippen LogP contribution in [0.1, 0.15) is 29.8 Å². The lowest BCUT2D eigenvalue weighted by Gasteiger charge is -2.02. The summed E-state index contributed by atoms with van der Waals surface area (Å²) in [5.74, 6) is -0.412. The summed E-state index contributed by atoms with van der Waals surface area (Å²) in [4.78, 5) is 26.3. The predicted octanol–water partition coefficient (Wildman–Crippen LogP) is 1.98. The van der Waals surface area contributed by atoms with E-state index < -0.39 is 0 Å². The highest BCUT2D eigenvalue weighted by molar-refractivity contribution is 9.11. The minimum absolute atomic E-state index is 0.190. The highest BCUT2D eigenvalue weighted by Gasteiger charge is 2.08. The first-order chi connectivity index (χ1) is 8.13. The minimum atomic E-state index is -0.222. The van der Waals surface area contributed by atoms with Crippen molar-refractivity contribution in [2.75, 3.05) is 13.7 Å². The summed E-state index contributed by atoms with van der Waals surface area (Å²) < 4.78 is 5.20. The van der Waals surface area contributed by atoms with Gasteiger partial charge in [-0.15, -0.1) is 11.3 Å². The van der Waals surface area contributed by atoms with Crippen LogP contribution in [0, 0.1) is 0 Å². The summed E-state index contributed by atoms with van der Waals surface area (Å²) in [5, 5.41) is 4.42. The van der Waals surface area contributed by atoms with Gasteiger partial charge in [0.2, 0.25) is 0 Å². The van der Waals surface area contributed by atoms with Gasteiger partial charge in [-0.05, 0) is 28.8 Å². The second-order valence-corrected chi connectivity index (χ2v) is 5.41. The number of rotatable bonds is 6. The summed E-state index contributed by atoms with van der Waals surface area (Å²) in [6, 6.07) is 0. The topological polar surface area (TPSA) is 68.3 Å². The number of methoxy groups -OCH3 is 1. The first-order valence-electron chi connectivity index (χ1n) is 5.09. The maximum absolute atomic E-state index is 11.5. The molecule has 0 fully saturated rings. The van der Waals surface area contributed by atoms with E-state index >= 15 is 0 Å². The molecular formula is C10H13BrN2O3S. The van der Waals surface area contributed by atoms with E-state index in [1.54, 1.807) is 5.38 Å². The number of unbranched alkanes of at least 4 members (excludes halogenated alkanes) is 1. The van der Waals surface area contributed by atoms with E-state index in [4.69, 9.17) is 0 Å². The minimum Gasteiger partial charge on any atom is -0.469 e. The second-order valence-electron chi connectivity index (χ2n) is 3.27. The molecule has 1 rings (SSSR count). The largest absolute Gasteiger partial charge is 0.469 e.